The molecule has 1 saturated carbocycles. The monoisotopic (exact) mass is 927 g/mol. The van der Waals surface area contributed by atoms with Crippen LogP contribution in [0.3, 0.4) is 0 Å². The topological polar surface area (TPSA) is 64.2 Å². The van der Waals surface area contributed by atoms with Crippen LogP contribution in [0.15, 0.2) is 131 Å². The number of imide groups is 2. The number of nitrogens with zero attached hydrogens (tertiary/aromatic N) is 4. The van der Waals surface area contributed by atoms with Crippen LogP contribution in [0.5, 0.6) is 0 Å². The maximum absolute atomic E-state index is 15.3. The summed E-state index contributed by atoms with van der Waals surface area (Å²) in [5, 5.41) is 4.99. The van der Waals surface area contributed by atoms with Crippen molar-refractivity contribution in [3.63, 3.8) is 0 Å². The van der Waals surface area contributed by atoms with E-state index in [1.54, 1.807) is 0 Å². The Bertz CT molecular complexity index is 2650. The van der Waals surface area contributed by atoms with Gasteiger partial charge < -0.3 is 9.80 Å². The van der Waals surface area contributed by atoms with Gasteiger partial charge in [0.15, 0.2) is 0 Å². The fraction of sp³-hybridized carbons (Fsp3) is 0.468. The zero-order chi connectivity index (χ0) is 49.4. The second-order valence-electron chi connectivity index (χ2n) is 22.1. The number of anilines is 2. The Balaban J connectivity index is 1.33. The summed E-state index contributed by atoms with van der Waals surface area (Å²) < 4.78 is 0. The highest BCUT2D eigenvalue weighted by molar-refractivity contribution is 6.30. The Morgan fingerprint density at radius 2 is 1.00 bits per heavy atom. The molecule has 1 unspecified atom stereocenters. The molecule has 0 bridgehead atoms. The van der Waals surface area contributed by atoms with Crippen LogP contribution in [0.1, 0.15) is 151 Å². The summed E-state index contributed by atoms with van der Waals surface area (Å²) in [6, 6.07) is 25.6. The summed E-state index contributed by atoms with van der Waals surface area (Å²) in [4.78, 5) is 52.7. The van der Waals surface area contributed by atoms with E-state index in [1.807, 2.05) is 6.92 Å². The number of hydrogen-bond donors (Lipinski definition) is 0. The van der Waals surface area contributed by atoms with Crippen molar-refractivity contribution in [2.75, 3.05) is 29.4 Å². The minimum Gasteiger partial charge on any atom is -0.344 e. The lowest BCUT2D eigenvalue weighted by molar-refractivity contribution is -0.137. The van der Waals surface area contributed by atoms with Crippen LogP contribution < -0.4 is 9.80 Å². The standard InChI is InChI=1S/C62H78N4O3/c1-12-14-16-21-43(7)66-59(68)55(58(67)65(60(66)69)38-15-13-2)54-46(30-34-52-61(8,9)56-48-24-19-17-22-44(48)28-32-50(56)63(52)39-36-41(3)4)26-27-47(54)31-35-53-62(10,11)57-49-25-20-18-23-45(49)29-33-51(57)64(53)40-37-42(5)6/h17-20,22-25,28-35,41-43H,12-16,21,26-27,36-40H2,1-11H3/b46-30+,47-31+,52-34+,53-35+. The van der Waals surface area contributed by atoms with Crippen molar-refractivity contribution in [1.82, 2.24) is 9.80 Å². The van der Waals surface area contributed by atoms with E-state index in [4.69, 9.17) is 0 Å². The van der Waals surface area contributed by atoms with Crippen LogP contribution in [-0.2, 0) is 20.4 Å². The highest BCUT2D eigenvalue weighted by Crippen LogP contribution is 2.53. The van der Waals surface area contributed by atoms with E-state index in [9.17, 15) is 4.79 Å². The maximum Gasteiger partial charge on any atom is 0.334 e. The summed E-state index contributed by atoms with van der Waals surface area (Å²) in [7, 11) is 0. The summed E-state index contributed by atoms with van der Waals surface area (Å²) in [5.74, 6) is 0.114. The first-order valence-electron chi connectivity index (χ1n) is 26.4. The molecule has 7 nitrogen and oxygen atoms in total. The number of carbonyl (C=O) groups excluding carboxylic acids is 3. The van der Waals surface area contributed by atoms with Crippen LogP contribution in [0.25, 0.3) is 21.5 Å². The Hall–Kier alpha value is -5.69. The van der Waals surface area contributed by atoms with Gasteiger partial charge in [-0.2, -0.15) is 0 Å². The third-order valence-corrected chi connectivity index (χ3v) is 15.5. The maximum atomic E-state index is 15.3. The van der Waals surface area contributed by atoms with Gasteiger partial charge >= 0.3 is 6.03 Å². The van der Waals surface area contributed by atoms with Gasteiger partial charge in [0, 0.05) is 59.3 Å². The van der Waals surface area contributed by atoms with E-state index in [1.165, 1.54) is 65.2 Å². The average molecular weight is 927 g/mol. The van der Waals surface area contributed by atoms with E-state index in [0.29, 0.717) is 43.1 Å². The number of benzene rings is 4. The first-order chi connectivity index (χ1) is 33.0. The number of urea groups is 1. The summed E-state index contributed by atoms with van der Waals surface area (Å²) >= 11 is 0. The van der Waals surface area contributed by atoms with E-state index in [0.717, 1.165) is 62.8 Å². The van der Waals surface area contributed by atoms with Gasteiger partial charge in [-0.15, -0.1) is 0 Å². The van der Waals surface area contributed by atoms with Gasteiger partial charge in [-0.05, 0) is 131 Å². The van der Waals surface area contributed by atoms with Gasteiger partial charge in [0.25, 0.3) is 11.8 Å². The molecule has 3 aliphatic heterocycles. The predicted molar refractivity (Wildman–Crippen MR) is 289 cm³/mol. The molecule has 4 aliphatic rings. The highest BCUT2D eigenvalue weighted by atomic mass is 16.2. The number of barbiturate groups is 1. The molecule has 3 heterocycles. The van der Waals surface area contributed by atoms with Crippen molar-refractivity contribution in [1.29, 1.82) is 0 Å². The number of fused-ring (bicyclic) bond motifs is 6. The SMILES string of the molecule is CCCCCC(C)N1C(=O)C(=C2/C(=C/C=C3/N(CCC(C)C)c4ccc5ccccc5c4C3(C)C)CC/C2=C\C=C2\N(CCC(C)C)c3ccc4ccccc4c3C2(C)C)C(=O)N(CCCC)C1=O. The van der Waals surface area contributed by atoms with Crippen molar-refractivity contribution in [3.8, 4) is 0 Å². The first-order valence-corrected chi connectivity index (χ1v) is 26.4. The van der Waals surface area contributed by atoms with Crippen LogP contribution in [0.2, 0.25) is 0 Å². The minimum atomic E-state index is -0.484. The molecule has 0 aromatic heterocycles. The van der Waals surface area contributed by atoms with Crippen molar-refractivity contribution < 1.29 is 14.4 Å². The lowest BCUT2D eigenvalue weighted by Gasteiger charge is -2.38. The minimum absolute atomic E-state index is 0.132. The fourth-order valence-electron chi connectivity index (χ4n) is 11.7. The second-order valence-corrected chi connectivity index (χ2v) is 22.1. The van der Waals surface area contributed by atoms with Gasteiger partial charge in [0.05, 0.1) is 0 Å². The molecular formula is C62H78N4O3. The van der Waals surface area contributed by atoms with Gasteiger partial charge in [-0.3, -0.25) is 19.4 Å². The van der Waals surface area contributed by atoms with Crippen LogP contribution >= 0.6 is 0 Å². The van der Waals surface area contributed by atoms with Crippen LogP contribution in [0, 0.1) is 11.8 Å². The fourth-order valence-corrected chi connectivity index (χ4v) is 11.7. The normalized spacial score (nSPS) is 20.8. The molecule has 0 radical (unpaired) electrons. The number of rotatable bonds is 16. The number of amides is 4. The Labute approximate surface area is 413 Å². The summed E-state index contributed by atoms with van der Waals surface area (Å²) in [6.07, 6.45) is 17.5. The number of hydrogen-bond acceptors (Lipinski definition) is 5. The number of carbonyl (C=O) groups is 3. The lowest BCUT2D eigenvalue weighted by Crippen LogP contribution is -2.59. The van der Waals surface area contributed by atoms with Crippen LogP contribution in [0.4, 0.5) is 16.2 Å². The quantitative estimate of drug-likeness (QED) is 0.0636. The smallest absolute Gasteiger partial charge is 0.334 e. The molecule has 7 heteroatoms. The molecule has 364 valence electrons. The van der Waals surface area contributed by atoms with Crippen molar-refractivity contribution >= 4 is 50.8 Å². The molecule has 2 fully saturated rings. The van der Waals surface area contributed by atoms with E-state index < -0.39 is 17.8 Å². The van der Waals surface area contributed by atoms with Crippen molar-refractivity contribution in [2.24, 2.45) is 11.8 Å². The van der Waals surface area contributed by atoms with E-state index in [-0.39, 0.29) is 29.0 Å². The molecule has 1 atom stereocenters. The number of unbranched alkanes of at least 4 members (excludes halogenated alkanes) is 3. The molecule has 0 N–H and O–H groups in total. The van der Waals surface area contributed by atoms with Gasteiger partial charge in [0.2, 0.25) is 0 Å². The Morgan fingerprint density at radius 1 is 0.522 bits per heavy atom. The lowest BCUT2D eigenvalue weighted by atomic mass is 9.81. The van der Waals surface area contributed by atoms with E-state index in [2.05, 4.69) is 176 Å². The van der Waals surface area contributed by atoms with Gasteiger partial charge in [-0.1, -0.05) is 168 Å². The molecule has 0 spiro atoms. The van der Waals surface area contributed by atoms with Gasteiger partial charge in [-0.25, -0.2) is 4.79 Å². The summed E-state index contributed by atoms with van der Waals surface area (Å²) in [5.41, 5.74) is 9.66. The molecule has 69 heavy (non-hydrogen) atoms. The van der Waals surface area contributed by atoms with Gasteiger partial charge in [0.1, 0.15) is 5.57 Å². The zero-order valence-corrected chi connectivity index (χ0v) is 43.7. The Morgan fingerprint density at radius 3 is 1.46 bits per heavy atom. The second kappa shape index (κ2) is 20.3. The molecular weight excluding hydrogens is 849 g/mol. The third kappa shape index (κ3) is 9.28. The first kappa shape index (κ1) is 49.7. The average Bonchev–Trinajstić information content (AvgIpc) is 3.89. The molecule has 1 saturated heterocycles. The zero-order valence-electron chi connectivity index (χ0n) is 43.7. The number of allylic oxidation sites excluding steroid dienone is 9. The van der Waals surface area contributed by atoms with E-state index >= 15 is 9.59 Å². The molecule has 8 rings (SSSR count). The molecule has 4 amide bonds. The molecule has 4 aromatic carbocycles. The van der Waals surface area contributed by atoms with Crippen molar-refractivity contribution in [2.45, 2.75) is 157 Å². The van der Waals surface area contributed by atoms with Crippen molar-refractivity contribution in [3.05, 3.63) is 142 Å². The van der Waals surface area contributed by atoms with Crippen LogP contribution in [-0.4, -0.2) is 53.3 Å². The molecule has 1 aliphatic carbocycles. The largest absolute Gasteiger partial charge is 0.344 e. The summed E-state index contributed by atoms with van der Waals surface area (Å²) in [6.45, 7) is 26.7. The highest BCUT2D eigenvalue weighted by Gasteiger charge is 2.47. The Kier molecular flexibility index (Phi) is 14.7. The predicted octanol–water partition coefficient (Wildman–Crippen LogP) is 15.3. The molecule has 4 aromatic rings. The third-order valence-electron chi connectivity index (χ3n) is 15.5.